The van der Waals surface area contributed by atoms with E-state index in [1.807, 2.05) is 0 Å². The summed E-state index contributed by atoms with van der Waals surface area (Å²) < 4.78 is 4.59. The standard InChI is InChI=1S/C19H17NO7/c1-27-19(26)14-4-2-3-13(10-14)16(21)20-15(18(24)25)9-11-5-7-12(8-6-11)17(22)23/h2-8,10,15H,9H2,1H3,(H,20,21)(H,22,23)(H,24,25)/t15-/m1/s1. The van der Waals surface area contributed by atoms with Crippen LogP contribution in [0.4, 0.5) is 0 Å². The second kappa shape index (κ2) is 8.61. The number of benzene rings is 2. The van der Waals surface area contributed by atoms with Crippen LogP contribution in [0.1, 0.15) is 36.6 Å². The van der Waals surface area contributed by atoms with Gasteiger partial charge in [-0.25, -0.2) is 14.4 Å². The summed E-state index contributed by atoms with van der Waals surface area (Å²) in [5.41, 5.74) is 0.914. The highest BCUT2D eigenvalue weighted by atomic mass is 16.5. The zero-order chi connectivity index (χ0) is 20.0. The maximum absolute atomic E-state index is 12.4. The third kappa shape index (κ3) is 5.15. The van der Waals surface area contributed by atoms with Gasteiger partial charge in [0.1, 0.15) is 6.04 Å². The molecule has 0 fully saturated rings. The fourth-order valence-electron chi connectivity index (χ4n) is 2.37. The number of carbonyl (C=O) groups excluding carboxylic acids is 2. The smallest absolute Gasteiger partial charge is 0.337 e. The summed E-state index contributed by atoms with van der Waals surface area (Å²) in [4.78, 5) is 46.2. The normalized spacial score (nSPS) is 11.3. The molecule has 0 spiro atoms. The van der Waals surface area contributed by atoms with Gasteiger partial charge in [0.2, 0.25) is 0 Å². The van der Waals surface area contributed by atoms with Crippen LogP contribution in [-0.4, -0.2) is 47.2 Å². The Morgan fingerprint density at radius 3 is 2.15 bits per heavy atom. The number of ether oxygens (including phenoxy) is 1. The van der Waals surface area contributed by atoms with Gasteiger partial charge in [0, 0.05) is 12.0 Å². The third-order valence-electron chi connectivity index (χ3n) is 3.79. The molecule has 0 unspecified atom stereocenters. The van der Waals surface area contributed by atoms with Gasteiger partial charge in [-0.1, -0.05) is 18.2 Å². The molecular formula is C19H17NO7. The number of aliphatic carboxylic acids is 1. The van der Waals surface area contributed by atoms with Crippen molar-refractivity contribution in [3.63, 3.8) is 0 Å². The van der Waals surface area contributed by atoms with Gasteiger partial charge >= 0.3 is 17.9 Å². The van der Waals surface area contributed by atoms with Crippen molar-refractivity contribution in [3.8, 4) is 0 Å². The van der Waals surface area contributed by atoms with E-state index in [9.17, 15) is 24.3 Å². The van der Waals surface area contributed by atoms with Gasteiger partial charge < -0.3 is 20.3 Å². The monoisotopic (exact) mass is 371 g/mol. The maximum Gasteiger partial charge on any atom is 0.337 e. The third-order valence-corrected chi connectivity index (χ3v) is 3.79. The van der Waals surface area contributed by atoms with Crippen LogP contribution in [0, 0.1) is 0 Å². The minimum atomic E-state index is -1.24. The summed E-state index contributed by atoms with van der Waals surface area (Å²) in [6.07, 6.45) is -0.0301. The van der Waals surface area contributed by atoms with E-state index < -0.39 is 29.9 Å². The lowest BCUT2D eigenvalue weighted by atomic mass is 10.0. The molecule has 8 nitrogen and oxygen atoms in total. The minimum Gasteiger partial charge on any atom is -0.480 e. The van der Waals surface area contributed by atoms with E-state index in [1.165, 1.54) is 55.6 Å². The van der Waals surface area contributed by atoms with Crippen molar-refractivity contribution in [3.05, 3.63) is 70.8 Å². The number of rotatable bonds is 7. The highest BCUT2D eigenvalue weighted by Crippen LogP contribution is 2.10. The molecule has 0 radical (unpaired) electrons. The van der Waals surface area contributed by atoms with Crippen molar-refractivity contribution in [1.29, 1.82) is 0 Å². The minimum absolute atomic E-state index is 0.0301. The first-order valence-electron chi connectivity index (χ1n) is 7.86. The maximum atomic E-state index is 12.4. The number of methoxy groups -OCH3 is 1. The van der Waals surface area contributed by atoms with Crippen LogP contribution < -0.4 is 5.32 Å². The number of carboxylic acid groups (broad SMARTS) is 2. The van der Waals surface area contributed by atoms with E-state index in [2.05, 4.69) is 10.1 Å². The first-order chi connectivity index (χ1) is 12.8. The number of esters is 1. The Morgan fingerprint density at radius 1 is 0.963 bits per heavy atom. The number of hydrogen-bond acceptors (Lipinski definition) is 5. The molecule has 3 N–H and O–H groups in total. The lowest BCUT2D eigenvalue weighted by Gasteiger charge is -2.15. The molecule has 0 aliphatic heterocycles. The van der Waals surface area contributed by atoms with E-state index in [1.54, 1.807) is 0 Å². The summed E-state index contributed by atoms with van der Waals surface area (Å²) >= 11 is 0. The van der Waals surface area contributed by atoms with E-state index in [0.717, 1.165) is 0 Å². The molecule has 0 aliphatic rings. The zero-order valence-corrected chi connectivity index (χ0v) is 14.3. The quantitative estimate of drug-likeness (QED) is 0.630. The summed E-state index contributed by atoms with van der Waals surface area (Å²) in [7, 11) is 1.21. The predicted molar refractivity (Wildman–Crippen MR) is 93.8 cm³/mol. The molecule has 140 valence electrons. The van der Waals surface area contributed by atoms with E-state index in [0.29, 0.717) is 5.56 Å². The number of carboxylic acids is 2. The second-order valence-corrected chi connectivity index (χ2v) is 5.64. The highest BCUT2D eigenvalue weighted by Gasteiger charge is 2.22. The van der Waals surface area contributed by atoms with Crippen molar-refractivity contribution in [2.45, 2.75) is 12.5 Å². The number of aromatic carboxylic acids is 1. The van der Waals surface area contributed by atoms with Gasteiger partial charge in [0.15, 0.2) is 0 Å². The van der Waals surface area contributed by atoms with Gasteiger partial charge in [-0.2, -0.15) is 0 Å². The fraction of sp³-hybridized carbons (Fsp3) is 0.158. The Kier molecular flexibility index (Phi) is 6.27. The lowest BCUT2D eigenvalue weighted by Crippen LogP contribution is -2.42. The summed E-state index contributed by atoms with van der Waals surface area (Å²) in [6, 6.07) is 10.2. The average molecular weight is 371 g/mol. The topological polar surface area (TPSA) is 130 Å². The van der Waals surface area contributed by atoms with Crippen LogP contribution in [0.25, 0.3) is 0 Å². The molecule has 8 heteroatoms. The molecule has 1 amide bonds. The van der Waals surface area contributed by atoms with Gasteiger partial charge in [-0.05, 0) is 35.9 Å². The Hall–Kier alpha value is -3.68. The van der Waals surface area contributed by atoms with Crippen molar-refractivity contribution >= 4 is 23.8 Å². The molecule has 0 saturated heterocycles. The number of carbonyl (C=O) groups is 4. The second-order valence-electron chi connectivity index (χ2n) is 5.64. The number of amides is 1. The van der Waals surface area contributed by atoms with Gasteiger partial charge in [-0.3, -0.25) is 4.79 Å². The molecule has 2 rings (SSSR count). The summed E-state index contributed by atoms with van der Waals surface area (Å²) in [5.74, 6) is -3.60. The van der Waals surface area contributed by atoms with Crippen molar-refractivity contribution in [2.24, 2.45) is 0 Å². The van der Waals surface area contributed by atoms with Crippen molar-refractivity contribution in [2.75, 3.05) is 7.11 Å². The molecule has 0 saturated carbocycles. The largest absolute Gasteiger partial charge is 0.480 e. The fourth-order valence-corrected chi connectivity index (χ4v) is 2.37. The first kappa shape index (κ1) is 19.6. The van der Waals surface area contributed by atoms with E-state index in [4.69, 9.17) is 5.11 Å². The van der Waals surface area contributed by atoms with Crippen LogP contribution in [0.2, 0.25) is 0 Å². The van der Waals surface area contributed by atoms with E-state index in [-0.39, 0.29) is 23.1 Å². The van der Waals surface area contributed by atoms with Gasteiger partial charge in [0.25, 0.3) is 5.91 Å². The zero-order valence-electron chi connectivity index (χ0n) is 14.3. The number of hydrogen-bond donors (Lipinski definition) is 3. The van der Waals surface area contributed by atoms with Gasteiger partial charge in [-0.15, -0.1) is 0 Å². The van der Waals surface area contributed by atoms with Crippen molar-refractivity contribution < 1.29 is 34.1 Å². The highest BCUT2D eigenvalue weighted by molar-refractivity contribution is 5.99. The lowest BCUT2D eigenvalue weighted by molar-refractivity contribution is -0.139. The Morgan fingerprint density at radius 2 is 1.59 bits per heavy atom. The Bertz CT molecular complexity index is 874. The van der Waals surface area contributed by atoms with Crippen LogP contribution in [0.3, 0.4) is 0 Å². The van der Waals surface area contributed by atoms with Crippen LogP contribution in [0.5, 0.6) is 0 Å². The van der Waals surface area contributed by atoms with Crippen molar-refractivity contribution in [1.82, 2.24) is 5.32 Å². The average Bonchev–Trinajstić information content (AvgIpc) is 2.67. The Labute approximate surface area is 154 Å². The van der Waals surface area contributed by atoms with E-state index >= 15 is 0 Å². The molecule has 0 aromatic heterocycles. The SMILES string of the molecule is COC(=O)c1cccc(C(=O)N[C@H](Cc2ccc(C(=O)O)cc2)C(=O)O)c1. The molecule has 2 aromatic carbocycles. The molecule has 0 heterocycles. The molecule has 2 aromatic rings. The molecule has 1 atom stereocenters. The van der Waals surface area contributed by atoms with Crippen LogP contribution >= 0.6 is 0 Å². The van der Waals surface area contributed by atoms with Gasteiger partial charge in [0.05, 0.1) is 18.2 Å². The summed E-state index contributed by atoms with van der Waals surface area (Å²) in [6.45, 7) is 0. The molecule has 0 bridgehead atoms. The molecular weight excluding hydrogens is 354 g/mol. The van der Waals surface area contributed by atoms with Crippen LogP contribution in [0.15, 0.2) is 48.5 Å². The summed E-state index contributed by atoms with van der Waals surface area (Å²) in [5, 5.41) is 20.7. The van der Waals surface area contributed by atoms with Crippen LogP contribution in [-0.2, 0) is 16.0 Å². The predicted octanol–water partition coefficient (Wildman–Crippen LogP) is 1.60. The first-order valence-corrected chi connectivity index (χ1v) is 7.86. The molecule has 0 aliphatic carbocycles. The molecule has 27 heavy (non-hydrogen) atoms. The number of nitrogens with one attached hydrogen (secondary N) is 1. The Balaban J connectivity index is 2.13.